The van der Waals surface area contributed by atoms with E-state index in [1.54, 1.807) is 31.9 Å². The number of nitro groups is 1. The molecular weight excluding hydrogens is 450 g/mol. The van der Waals surface area contributed by atoms with Gasteiger partial charge in [-0.05, 0) is 19.4 Å². The smallest absolute Gasteiger partial charge is 0.337 e. The molecule has 11 heteroatoms. The Bertz CT molecular complexity index is 1020. The molecule has 1 amide bonds. The van der Waals surface area contributed by atoms with Gasteiger partial charge in [0.1, 0.15) is 0 Å². The summed E-state index contributed by atoms with van der Waals surface area (Å²) in [4.78, 5) is 49.7. The monoisotopic (exact) mass is 477 g/mol. The highest BCUT2D eigenvalue weighted by Crippen LogP contribution is 2.45. The lowest BCUT2D eigenvalue weighted by atomic mass is 9.81. The Morgan fingerprint density at radius 2 is 1.94 bits per heavy atom. The largest absolute Gasteiger partial charge is 0.466 e. The van der Waals surface area contributed by atoms with E-state index >= 15 is 0 Å². The standard InChI is InChI=1S/C22H27N3O7S/c1-6-32-22(28)19-18(15-8-7-9-16(12-15)25(29)30)17(21(27)31-5)13(2)24(4)20(19)33-11-10-23-14(3)26/h7-9,12,18H,6,10-11H2,1-5H3,(H,23,26). The van der Waals surface area contributed by atoms with Gasteiger partial charge in [-0.3, -0.25) is 14.9 Å². The van der Waals surface area contributed by atoms with Crippen LogP contribution in [-0.4, -0.2) is 60.7 Å². The SMILES string of the molecule is CCOC(=O)C1=C(SCCNC(C)=O)N(C)C(C)=C(C(=O)OC)C1c1cccc([N+](=O)[O-])c1. The van der Waals surface area contributed by atoms with Crippen molar-refractivity contribution in [3.05, 3.63) is 61.8 Å². The van der Waals surface area contributed by atoms with E-state index in [2.05, 4.69) is 5.32 Å². The highest BCUT2D eigenvalue weighted by Gasteiger charge is 2.41. The summed E-state index contributed by atoms with van der Waals surface area (Å²) in [5, 5.41) is 14.6. The van der Waals surface area contributed by atoms with Crippen LogP contribution in [0.25, 0.3) is 0 Å². The fourth-order valence-corrected chi connectivity index (χ4v) is 4.57. The maximum atomic E-state index is 13.2. The van der Waals surface area contributed by atoms with E-state index in [1.165, 1.54) is 44.0 Å². The van der Waals surface area contributed by atoms with Gasteiger partial charge < -0.3 is 19.7 Å². The number of carbonyl (C=O) groups is 3. The number of carbonyl (C=O) groups excluding carboxylic acids is 3. The number of hydrogen-bond acceptors (Lipinski definition) is 9. The summed E-state index contributed by atoms with van der Waals surface area (Å²) in [5.41, 5.74) is 1.12. The zero-order valence-electron chi connectivity index (χ0n) is 19.2. The zero-order valence-corrected chi connectivity index (χ0v) is 20.0. The Balaban J connectivity index is 2.72. The van der Waals surface area contributed by atoms with Gasteiger partial charge in [0, 0.05) is 44.1 Å². The number of benzene rings is 1. The molecule has 178 valence electrons. The van der Waals surface area contributed by atoms with Gasteiger partial charge in [0.15, 0.2) is 0 Å². The zero-order chi connectivity index (χ0) is 24.7. The minimum absolute atomic E-state index is 0.105. The summed E-state index contributed by atoms with van der Waals surface area (Å²) < 4.78 is 10.3. The fraction of sp³-hybridized carbons (Fsp3) is 0.409. The van der Waals surface area contributed by atoms with E-state index in [0.717, 1.165) is 0 Å². The lowest BCUT2D eigenvalue weighted by molar-refractivity contribution is -0.384. The molecule has 10 nitrogen and oxygen atoms in total. The fourth-order valence-electron chi connectivity index (χ4n) is 3.48. The molecule has 33 heavy (non-hydrogen) atoms. The molecule has 1 unspecified atom stereocenters. The molecule has 0 saturated heterocycles. The highest BCUT2D eigenvalue weighted by molar-refractivity contribution is 8.03. The second kappa shape index (κ2) is 11.5. The van der Waals surface area contributed by atoms with Crippen molar-refractivity contribution in [2.75, 3.05) is 33.1 Å². The number of esters is 2. The quantitative estimate of drug-likeness (QED) is 0.247. The molecule has 1 N–H and O–H groups in total. The first-order valence-corrected chi connectivity index (χ1v) is 11.2. The van der Waals surface area contributed by atoms with Crippen LogP contribution in [0.2, 0.25) is 0 Å². The van der Waals surface area contributed by atoms with Crippen molar-refractivity contribution in [1.29, 1.82) is 0 Å². The van der Waals surface area contributed by atoms with Crippen molar-refractivity contribution in [3.8, 4) is 0 Å². The molecule has 0 aromatic heterocycles. The number of hydrogen-bond donors (Lipinski definition) is 1. The van der Waals surface area contributed by atoms with Gasteiger partial charge >= 0.3 is 11.9 Å². The average Bonchev–Trinajstić information content (AvgIpc) is 2.78. The minimum atomic E-state index is -0.934. The minimum Gasteiger partial charge on any atom is -0.466 e. The molecule has 0 aliphatic carbocycles. The lowest BCUT2D eigenvalue weighted by Gasteiger charge is -2.36. The molecule has 1 aliphatic rings. The normalized spacial score (nSPS) is 15.9. The number of nitro benzene ring substituents is 1. The third-order valence-corrected chi connectivity index (χ3v) is 6.21. The topological polar surface area (TPSA) is 128 Å². The number of ether oxygens (including phenoxy) is 2. The highest BCUT2D eigenvalue weighted by atomic mass is 32.2. The summed E-state index contributed by atoms with van der Waals surface area (Å²) in [6.45, 7) is 5.26. The number of non-ortho nitro benzene ring substituents is 1. The molecule has 0 spiro atoms. The number of methoxy groups -OCH3 is 1. The molecule has 1 atom stereocenters. The van der Waals surface area contributed by atoms with Crippen LogP contribution in [0.15, 0.2) is 46.1 Å². The van der Waals surface area contributed by atoms with E-state index in [1.807, 2.05) is 0 Å². The maximum absolute atomic E-state index is 13.2. The number of nitrogens with one attached hydrogen (secondary N) is 1. The molecule has 1 aliphatic heterocycles. The molecule has 1 heterocycles. The molecule has 0 radical (unpaired) electrons. The molecule has 2 rings (SSSR count). The summed E-state index contributed by atoms with van der Waals surface area (Å²) in [6.07, 6.45) is 0. The third-order valence-electron chi connectivity index (χ3n) is 5.04. The molecule has 0 saturated carbocycles. The maximum Gasteiger partial charge on any atom is 0.337 e. The number of thioether (sulfide) groups is 1. The second-order valence-electron chi connectivity index (χ2n) is 7.11. The number of rotatable bonds is 9. The second-order valence-corrected chi connectivity index (χ2v) is 8.19. The van der Waals surface area contributed by atoms with E-state index in [9.17, 15) is 24.5 Å². The summed E-state index contributed by atoms with van der Waals surface area (Å²) in [7, 11) is 2.94. The van der Waals surface area contributed by atoms with E-state index in [-0.39, 0.29) is 29.3 Å². The van der Waals surface area contributed by atoms with Gasteiger partial charge in [-0.15, -0.1) is 11.8 Å². The molecule has 1 aromatic rings. The third kappa shape index (κ3) is 5.92. The predicted octanol–water partition coefficient (Wildman–Crippen LogP) is 2.71. The lowest BCUT2D eigenvalue weighted by Crippen LogP contribution is -2.34. The van der Waals surface area contributed by atoms with Crippen LogP contribution in [0.1, 0.15) is 32.3 Å². The molecule has 0 fully saturated rings. The van der Waals surface area contributed by atoms with Gasteiger partial charge in [-0.25, -0.2) is 9.59 Å². The van der Waals surface area contributed by atoms with Crippen LogP contribution < -0.4 is 5.32 Å². The van der Waals surface area contributed by atoms with Crippen LogP contribution in [0.3, 0.4) is 0 Å². The van der Waals surface area contributed by atoms with Crippen molar-refractivity contribution in [3.63, 3.8) is 0 Å². The van der Waals surface area contributed by atoms with Crippen LogP contribution >= 0.6 is 11.8 Å². The van der Waals surface area contributed by atoms with Crippen LogP contribution in [-0.2, 0) is 23.9 Å². The first-order chi connectivity index (χ1) is 15.6. The summed E-state index contributed by atoms with van der Waals surface area (Å²) >= 11 is 1.31. The van der Waals surface area contributed by atoms with Crippen molar-refractivity contribution in [2.45, 2.75) is 26.7 Å². The first-order valence-electron chi connectivity index (χ1n) is 10.2. The van der Waals surface area contributed by atoms with Crippen LogP contribution in [0.5, 0.6) is 0 Å². The van der Waals surface area contributed by atoms with E-state index in [4.69, 9.17) is 9.47 Å². The predicted molar refractivity (Wildman–Crippen MR) is 123 cm³/mol. The van der Waals surface area contributed by atoms with Gasteiger partial charge in [0.25, 0.3) is 5.69 Å². The number of amides is 1. The Hall–Kier alpha value is -3.34. The van der Waals surface area contributed by atoms with Crippen molar-refractivity contribution < 1.29 is 28.8 Å². The van der Waals surface area contributed by atoms with E-state index in [0.29, 0.717) is 28.6 Å². The Morgan fingerprint density at radius 3 is 2.52 bits per heavy atom. The first kappa shape index (κ1) is 25.9. The van der Waals surface area contributed by atoms with Crippen molar-refractivity contribution in [2.24, 2.45) is 0 Å². The Labute approximate surface area is 196 Å². The Kier molecular flexibility index (Phi) is 9.03. The molecule has 1 aromatic carbocycles. The van der Waals surface area contributed by atoms with Crippen LogP contribution in [0, 0.1) is 10.1 Å². The summed E-state index contributed by atoms with van der Waals surface area (Å²) in [5.74, 6) is -1.96. The van der Waals surface area contributed by atoms with Gasteiger partial charge in [0.05, 0.1) is 40.7 Å². The van der Waals surface area contributed by atoms with Crippen molar-refractivity contribution >= 4 is 35.3 Å². The average molecular weight is 478 g/mol. The van der Waals surface area contributed by atoms with Gasteiger partial charge in [-0.2, -0.15) is 0 Å². The van der Waals surface area contributed by atoms with Crippen molar-refractivity contribution in [1.82, 2.24) is 10.2 Å². The summed E-state index contributed by atoms with van der Waals surface area (Å²) in [6, 6.07) is 5.80. The molecular formula is C22H27N3O7S. The van der Waals surface area contributed by atoms with Crippen LogP contribution in [0.4, 0.5) is 5.69 Å². The van der Waals surface area contributed by atoms with Gasteiger partial charge in [-0.1, -0.05) is 12.1 Å². The number of allylic oxidation sites excluding steroid dienone is 1. The van der Waals surface area contributed by atoms with Gasteiger partial charge in [0.2, 0.25) is 5.91 Å². The Morgan fingerprint density at radius 1 is 1.24 bits per heavy atom. The molecule has 0 bridgehead atoms. The van der Waals surface area contributed by atoms with E-state index < -0.39 is 22.8 Å². The number of nitrogens with zero attached hydrogens (tertiary/aromatic N) is 2.